The van der Waals surface area contributed by atoms with Crippen LogP contribution in [0.4, 0.5) is 0 Å². The van der Waals surface area contributed by atoms with Crippen molar-refractivity contribution in [3.63, 3.8) is 0 Å². The summed E-state index contributed by atoms with van der Waals surface area (Å²) in [6, 6.07) is -0.534. The lowest BCUT2D eigenvalue weighted by atomic mass is 10.0. The average Bonchev–Trinajstić information content (AvgIpc) is 3.49. The molecule has 0 fully saturated rings. The largest absolute Gasteiger partial charge is 0.466 e. The normalized spacial score (nSPS) is 12.5. The molecule has 494 valence electrons. The van der Waals surface area contributed by atoms with Gasteiger partial charge in [-0.25, -0.2) is 0 Å². The van der Waals surface area contributed by atoms with Gasteiger partial charge in [-0.05, 0) is 51.4 Å². The predicted molar refractivity (Wildman–Crippen MR) is 366 cm³/mol. The van der Waals surface area contributed by atoms with Gasteiger partial charge in [0.05, 0.1) is 25.4 Å². The molecule has 83 heavy (non-hydrogen) atoms. The minimum Gasteiger partial charge on any atom is -0.466 e. The molecule has 2 atom stereocenters. The maximum Gasteiger partial charge on any atom is 0.305 e. The van der Waals surface area contributed by atoms with Crippen LogP contribution in [0, 0.1) is 0 Å². The van der Waals surface area contributed by atoms with Crippen molar-refractivity contribution in [2.45, 2.75) is 456 Å². The Hall–Kier alpha value is -1.40. The summed E-state index contributed by atoms with van der Waals surface area (Å²) in [7, 11) is 0. The second-order valence-electron chi connectivity index (χ2n) is 26.7. The molecule has 6 nitrogen and oxygen atoms in total. The fraction of sp³-hybridized carbons (Fsp3) is 0.948. The number of esters is 1. The van der Waals surface area contributed by atoms with E-state index in [1.54, 1.807) is 0 Å². The molecule has 0 aliphatic heterocycles. The van der Waals surface area contributed by atoms with Crippen LogP contribution in [0.25, 0.3) is 0 Å². The van der Waals surface area contributed by atoms with Crippen molar-refractivity contribution < 1.29 is 24.5 Å². The summed E-state index contributed by atoms with van der Waals surface area (Å²) in [6.45, 7) is 4.97. The van der Waals surface area contributed by atoms with Gasteiger partial charge in [0.2, 0.25) is 5.91 Å². The molecular formula is C77H151NO5. The first-order valence-corrected chi connectivity index (χ1v) is 38.4. The first-order valence-electron chi connectivity index (χ1n) is 38.4. The summed E-state index contributed by atoms with van der Waals surface area (Å²) in [5, 5.41) is 23.2. The third kappa shape index (κ3) is 69.6. The molecule has 0 aliphatic rings. The van der Waals surface area contributed by atoms with E-state index < -0.39 is 12.1 Å². The molecule has 0 aliphatic carbocycles. The fourth-order valence-corrected chi connectivity index (χ4v) is 12.5. The van der Waals surface area contributed by atoms with Gasteiger partial charge in [-0.1, -0.05) is 392 Å². The Morgan fingerprint density at radius 3 is 0.855 bits per heavy atom. The van der Waals surface area contributed by atoms with Crippen LogP contribution in [0.1, 0.15) is 444 Å². The van der Waals surface area contributed by atoms with E-state index in [9.17, 15) is 19.8 Å². The number of hydrogen-bond donors (Lipinski definition) is 3. The van der Waals surface area contributed by atoms with E-state index in [1.807, 2.05) is 0 Å². The maximum atomic E-state index is 12.4. The highest BCUT2D eigenvalue weighted by molar-refractivity contribution is 5.76. The first-order chi connectivity index (χ1) is 41.0. The van der Waals surface area contributed by atoms with E-state index in [2.05, 4.69) is 31.3 Å². The molecule has 0 aromatic rings. The van der Waals surface area contributed by atoms with Crippen molar-refractivity contribution in [1.82, 2.24) is 5.32 Å². The molecule has 3 N–H and O–H groups in total. The summed E-state index contributed by atoms with van der Waals surface area (Å²) >= 11 is 0. The third-order valence-corrected chi connectivity index (χ3v) is 18.3. The molecule has 0 aromatic carbocycles. The van der Waals surface area contributed by atoms with Gasteiger partial charge in [-0.2, -0.15) is 0 Å². The number of amides is 1. The van der Waals surface area contributed by atoms with E-state index in [-0.39, 0.29) is 18.5 Å². The second kappa shape index (κ2) is 73.1. The summed E-state index contributed by atoms with van der Waals surface area (Å²) in [5.41, 5.74) is 0. The van der Waals surface area contributed by atoms with Crippen LogP contribution < -0.4 is 5.32 Å². The predicted octanol–water partition coefficient (Wildman–Crippen LogP) is 25.1. The van der Waals surface area contributed by atoms with E-state index in [1.165, 1.54) is 372 Å². The SMILES string of the molecule is CCCCCCCCC/C=C\CCCCCCCCCC(=O)OCCCCCCCCCCCCCCCCCCCCCCCCCCCCCCCCCCCCCCCCCC(=O)NC(CO)C(O)CCCCCCCCCCC. The fourth-order valence-electron chi connectivity index (χ4n) is 12.5. The van der Waals surface area contributed by atoms with E-state index >= 15 is 0 Å². The molecular weight excluding hydrogens is 1020 g/mol. The van der Waals surface area contributed by atoms with Crippen molar-refractivity contribution in [3.8, 4) is 0 Å². The van der Waals surface area contributed by atoms with Crippen LogP contribution in [0.5, 0.6) is 0 Å². The number of ether oxygens (including phenoxy) is 1. The second-order valence-corrected chi connectivity index (χ2v) is 26.7. The zero-order valence-electron chi connectivity index (χ0n) is 56.7. The summed E-state index contributed by atoms with van der Waals surface area (Å²) in [4.78, 5) is 24.6. The highest BCUT2D eigenvalue weighted by Gasteiger charge is 2.20. The summed E-state index contributed by atoms with van der Waals surface area (Å²) in [6.07, 6.45) is 91.8. The van der Waals surface area contributed by atoms with Crippen molar-refractivity contribution in [1.29, 1.82) is 0 Å². The molecule has 2 unspecified atom stereocenters. The van der Waals surface area contributed by atoms with Crippen LogP contribution in [-0.2, 0) is 14.3 Å². The average molecular weight is 1170 g/mol. The zero-order valence-corrected chi connectivity index (χ0v) is 56.7. The molecule has 6 heteroatoms. The molecule has 0 heterocycles. The van der Waals surface area contributed by atoms with Crippen molar-refractivity contribution in [3.05, 3.63) is 12.2 Å². The molecule has 0 saturated carbocycles. The molecule has 0 saturated heterocycles. The van der Waals surface area contributed by atoms with Crippen LogP contribution in [-0.4, -0.2) is 47.4 Å². The van der Waals surface area contributed by atoms with Gasteiger partial charge in [0.25, 0.3) is 0 Å². The minimum absolute atomic E-state index is 0.0221. The van der Waals surface area contributed by atoms with Gasteiger partial charge in [0.15, 0.2) is 0 Å². The monoisotopic (exact) mass is 1170 g/mol. The number of aliphatic hydroxyl groups excluding tert-OH is 2. The quantitative estimate of drug-likeness (QED) is 0.0320. The van der Waals surface area contributed by atoms with E-state index in [4.69, 9.17) is 4.74 Å². The van der Waals surface area contributed by atoms with Crippen molar-refractivity contribution in [2.75, 3.05) is 13.2 Å². The highest BCUT2D eigenvalue weighted by atomic mass is 16.5. The summed E-state index contributed by atoms with van der Waals surface area (Å²) < 4.78 is 5.51. The molecule has 1 amide bonds. The lowest BCUT2D eigenvalue weighted by molar-refractivity contribution is -0.143. The lowest BCUT2D eigenvalue weighted by Crippen LogP contribution is -2.45. The Kier molecular flexibility index (Phi) is 71.8. The van der Waals surface area contributed by atoms with Gasteiger partial charge in [-0.15, -0.1) is 0 Å². The van der Waals surface area contributed by atoms with E-state index in [0.29, 0.717) is 25.9 Å². The molecule has 0 bridgehead atoms. The van der Waals surface area contributed by atoms with Crippen molar-refractivity contribution in [2.24, 2.45) is 0 Å². The molecule has 0 spiro atoms. The van der Waals surface area contributed by atoms with Gasteiger partial charge >= 0.3 is 5.97 Å². The third-order valence-electron chi connectivity index (χ3n) is 18.3. The topological polar surface area (TPSA) is 95.9 Å². The number of nitrogens with one attached hydrogen (secondary N) is 1. The number of unbranched alkanes of at least 4 members (excludes halogenated alkanes) is 60. The standard InChI is InChI=1S/C77H151NO5/c1-3-5-7-9-11-13-14-15-16-17-42-45-48-51-55-59-63-67-71-77(82)83-72-68-64-60-56-52-49-46-43-40-38-36-34-32-30-28-26-24-22-20-18-19-21-23-25-27-29-31-33-35-37-39-41-44-47-50-54-58-62-66-70-76(81)78-74(73-79)75(80)69-65-61-57-53-12-10-8-6-4-2/h16-17,74-75,79-80H,3-15,18-73H2,1-2H3,(H,78,81)/b17-16-. The van der Waals surface area contributed by atoms with Crippen LogP contribution in [0.15, 0.2) is 12.2 Å². The summed E-state index contributed by atoms with van der Waals surface area (Å²) in [5.74, 6) is -0.00674. The van der Waals surface area contributed by atoms with Crippen molar-refractivity contribution >= 4 is 11.9 Å². The van der Waals surface area contributed by atoms with Gasteiger partial charge in [-0.3, -0.25) is 9.59 Å². The Morgan fingerprint density at radius 2 is 0.566 bits per heavy atom. The Labute approximate surface area is 520 Å². The van der Waals surface area contributed by atoms with Gasteiger partial charge in [0.1, 0.15) is 0 Å². The Morgan fingerprint density at radius 1 is 0.325 bits per heavy atom. The number of carbonyl (C=O) groups excluding carboxylic acids is 2. The number of aliphatic hydroxyl groups is 2. The van der Waals surface area contributed by atoms with Gasteiger partial charge in [0, 0.05) is 12.8 Å². The van der Waals surface area contributed by atoms with Crippen LogP contribution in [0.3, 0.4) is 0 Å². The maximum absolute atomic E-state index is 12.4. The lowest BCUT2D eigenvalue weighted by Gasteiger charge is -2.22. The highest BCUT2D eigenvalue weighted by Crippen LogP contribution is 2.20. The Bertz CT molecular complexity index is 1260. The Balaban J connectivity index is 3.25. The first kappa shape index (κ1) is 81.6. The van der Waals surface area contributed by atoms with Gasteiger partial charge < -0.3 is 20.3 Å². The van der Waals surface area contributed by atoms with E-state index in [0.717, 1.165) is 38.5 Å². The number of allylic oxidation sites excluding steroid dienone is 2. The molecule has 0 aromatic heterocycles. The molecule has 0 rings (SSSR count). The number of carbonyl (C=O) groups is 2. The van der Waals surface area contributed by atoms with Crippen LogP contribution >= 0.6 is 0 Å². The number of hydrogen-bond acceptors (Lipinski definition) is 5. The molecule has 0 radical (unpaired) electrons. The minimum atomic E-state index is -0.657. The number of rotatable bonds is 73. The zero-order chi connectivity index (χ0) is 59.9. The smallest absolute Gasteiger partial charge is 0.305 e. The van der Waals surface area contributed by atoms with Crippen LogP contribution in [0.2, 0.25) is 0 Å².